The molecule has 3 unspecified atom stereocenters. The van der Waals surface area contributed by atoms with Crippen molar-refractivity contribution in [2.24, 2.45) is 0 Å². The lowest BCUT2D eigenvalue weighted by atomic mass is 9.51. The second kappa shape index (κ2) is 6.35. The number of fused-ring (bicyclic) bond motifs is 2. The van der Waals surface area contributed by atoms with E-state index < -0.39 is 11.0 Å². The van der Waals surface area contributed by atoms with Gasteiger partial charge in [-0.2, -0.15) is 0 Å². The number of aryl methyl sites for hydroxylation is 1. The summed E-state index contributed by atoms with van der Waals surface area (Å²) in [5.74, 6) is 0.789. The predicted octanol–water partition coefficient (Wildman–Crippen LogP) is 2.17. The van der Waals surface area contributed by atoms with Gasteiger partial charge < -0.3 is 20.1 Å². The average molecular weight is 370 g/mol. The number of hydrogen-bond acceptors (Lipinski definition) is 4. The minimum atomic E-state index is -0.926. The summed E-state index contributed by atoms with van der Waals surface area (Å²) < 4.78 is 5.53. The monoisotopic (exact) mass is 370 g/mol. The predicted molar refractivity (Wildman–Crippen MR) is 105 cm³/mol. The maximum atomic E-state index is 12.2. The number of nitrogens with one attached hydrogen (secondary N) is 1. The molecule has 0 radical (unpaired) electrons. The van der Waals surface area contributed by atoms with Crippen LogP contribution in [-0.2, 0) is 16.6 Å². The summed E-state index contributed by atoms with van der Waals surface area (Å²) >= 11 is 0. The van der Waals surface area contributed by atoms with Crippen molar-refractivity contribution in [1.29, 1.82) is 0 Å². The molecule has 0 aromatic heterocycles. The fraction of sp³-hybridized carbons (Fsp3) is 0.591. The molecule has 5 heteroatoms. The van der Waals surface area contributed by atoms with Gasteiger partial charge in [-0.25, -0.2) is 0 Å². The highest BCUT2D eigenvalue weighted by atomic mass is 16.5. The zero-order valence-electron chi connectivity index (χ0n) is 16.7. The number of rotatable bonds is 3. The smallest absolute Gasteiger partial charge is 0.244 e. The molecule has 4 rings (SSSR count). The van der Waals surface area contributed by atoms with Gasteiger partial charge in [0.1, 0.15) is 5.75 Å². The highest BCUT2D eigenvalue weighted by Crippen LogP contribution is 2.56. The summed E-state index contributed by atoms with van der Waals surface area (Å²) in [5.41, 5.74) is 2.15. The maximum absolute atomic E-state index is 12.2. The lowest BCUT2D eigenvalue weighted by Gasteiger charge is -2.61. The molecular formula is C22H30N2O3. The molecular weight excluding hydrogens is 340 g/mol. The van der Waals surface area contributed by atoms with E-state index in [2.05, 4.69) is 43.2 Å². The molecule has 146 valence electrons. The van der Waals surface area contributed by atoms with Crippen LogP contribution in [0.5, 0.6) is 5.75 Å². The molecule has 2 N–H and O–H groups in total. The van der Waals surface area contributed by atoms with Gasteiger partial charge in [-0.15, -0.1) is 0 Å². The Bertz CT molecular complexity index is 805. The molecule has 1 saturated heterocycles. The van der Waals surface area contributed by atoms with Crippen molar-refractivity contribution in [3.63, 3.8) is 0 Å². The van der Waals surface area contributed by atoms with E-state index in [9.17, 15) is 9.90 Å². The average Bonchev–Trinajstić information content (AvgIpc) is 3.01. The highest BCUT2D eigenvalue weighted by molar-refractivity contribution is 5.92. The van der Waals surface area contributed by atoms with Gasteiger partial charge >= 0.3 is 0 Å². The normalized spacial score (nSPS) is 35.9. The van der Waals surface area contributed by atoms with Crippen LogP contribution >= 0.6 is 0 Å². The molecule has 0 spiro atoms. The molecule has 2 aliphatic heterocycles. The first-order valence-corrected chi connectivity index (χ1v) is 9.95. The maximum Gasteiger partial charge on any atom is 0.244 e. The third kappa shape index (κ3) is 2.55. The van der Waals surface area contributed by atoms with Crippen LogP contribution in [0.3, 0.4) is 0 Å². The lowest BCUT2D eigenvalue weighted by Crippen LogP contribution is -2.70. The molecule has 4 atom stereocenters. The Labute approximate surface area is 161 Å². The molecule has 1 aromatic rings. The summed E-state index contributed by atoms with van der Waals surface area (Å²) in [5, 5.41) is 15.3. The zero-order valence-corrected chi connectivity index (χ0v) is 16.7. The van der Waals surface area contributed by atoms with Crippen molar-refractivity contribution in [2.45, 2.75) is 62.6 Å². The van der Waals surface area contributed by atoms with E-state index in [4.69, 9.17) is 4.74 Å². The van der Waals surface area contributed by atoms with E-state index in [-0.39, 0.29) is 18.0 Å². The number of ether oxygens (including phenoxy) is 1. The van der Waals surface area contributed by atoms with Crippen molar-refractivity contribution in [3.8, 4) is 5.75 Å². The van der Waals surface area contributed by atoms with E-state index in [1.165, 1.54) is 11.1 Å². The number of hydrogen-bond donors (Lipinski definition) is 2. The van der Waals surface area contributed by atoms with Gasteiger partial charge in [-0.3, -0.25) is 4.79 Å². The number of piperidine rings is 1. The second-order valence-corrected chi connectivity index (χ2v) is 8.45. The summed E-state index contributed by atoms with van der Waals surface area (Å²) in [6, 6.07) is 6.27. The second-order valence-electron chi connectivity index (χ2n) is 8.45. The number of carbonyl (C=O) groups excluding carboxylic acids is 1. The first-order valence-electron chi connectivity index (χ1n) is 9.95. The Morgan fingerprint density at radius 3 is 2.89 bits per heavy atom. The van der Waals surface area contributed by atoms with Crippen LogP contribution in [0.4, 0.5) is 0 Å². The molecule has 5 nitrogen and oxygen atoms in total. The van der Waals surface area contributed by atoms with E-state index in [1.807, 2.05) is 6.07 Å². The molecule has 27 heavy (non-hydrogen) atoms. The zero-order chi connectivity index (χ0) is 19.4. The van der Waals surface area contributed by atoms with Gasteiger partial charge in [0.25, 0.3) is 0 Å². The first kappa shape index (κ1) is 18.5. The summed E-state index contributed by atoms with van der Waals surface area (Å²) in [6.45, 7) is 5.19. The van der Waals surface area contributed by atoms with Crippen LogP contribution in [0, 0.1) is 0 Å². The number of likely N-dealkylation sites (tertiary alicyclic amines) is 1. The van der Waals surface area contributed by atoms with Crippen molar-refractivity contribution in [3.05, 3.63) is 41.0 Å². The van der Waals surface area contributed by atoms with Crippen molar-refractivity contribution in [2.75, 3.05) is 20.7 Å². The van der Waals surface area contributed by atoms with Gasteiger partial charge in [-0.05, 0) is 68.6 Å². The van der Waals surface area contributed by atoms with Crippen molar-refractivity contribution >= 4 is 5.91 Å². The van der Waals surface area contributed by atoms with Gasteiger partial charge in [0.05, 0.1) is 18.8 Å². The molecule has 1 saturated carbocycles. The molecule has 2 heterocycles. The molecule has 1 amide bonds. The fourth-order valence-corrected chi connectivity index (χ4v) is 5.64. The first-order chi connectivity index (χ1) is 12.8. The van der Waals surface area contributed by atoms with Crippen LogP contribution in [0.1, 0.15) is 44.2 Å². The fourth-order valence-electron chi connectivity index (χ4n) is 5.64. The van der Waals surface area contributed by atoms with Gasteiger partial charge in [0.2, 0.25) is 5.91 Å². The van der Waals surface area contributed by atoms with Crippen molar-refractivity contribution in [1.82, 2.24) is 10.2 Å². The minimum absolute atomic E-state index is 0.000269. The SMILES string of the molecule is CCc1ccc(OC)cc1[C@]12CCN(C)C(C)C1(O)CC1=CC(=O)NC1C2. The van der Waals surface area contributed by atoms with Crippen LogP contribution in [0.15, 0.2) is 29.8 Å². The number of benzene rings is 1. The third-order valence-electron chi connectivity index (χ3n) is 7.39. The summed E-state index contributed by atoms with van der Waals surface area (Å²) in [4.78, 5) is 14.3. The number of methoxy groups -OCH3 is 1. The van der Waals surface area contributed by atoms with E-state index in [1.54, 1.807) is 13.2 Å². The summed E-state index contributed by atoms with van der Waals surface area (Å²) in [6.07, 6.45) is 4.73. The van der Waals surface area contributed by atoms with E-state index in [0.717, 1.165) is 37.1 Å². The summed E-state index contributed by atoms with van der Waals surface area (Å²) in [7, 11) is 3.77. The number of carbonyl (C=O) groups is 1. The van der Waals surface area contributed by atoms with Crippen LogP contribution in [0.25, 0.3) is 0 Å². The standard InChI is InChI=1S/C22H30N2O3/c1-5-15-6-7-17(27-4)11-18(15)21-8-9-24(3)14(2)22(21,26)12-16-10-20(25)23-19(16)13-21/h6-7,10-11,14,19,26H,5,8-9,12-13H2,1-4H3,(H,23,25)/t14?,19?,21-,22?/m1/s1. The van der Waals surface area contributed by atoms with Gasteiger partial charge in [0.15, 0.2) is 0 Å². The number of nitrogens with zero attached hydrogens (tertiary/aromatic N) is 1. The molecule has 1 aromatic carbocycles. The van der Waals surface area contributed by atoms with Gasteiger partial charge in [0, 0.05) is 24.0 Å². The molecule has 1 aliphatic carbocycles. The van der Waals surface area contributed by atoms with Crippen LogP contribution in [-0.4, -0.2) is 54.3 Å². The number of aliphatic hydroxyl groups is 1. The molecule has 3 aliphatic rings. The topological polar surface area (TPSA) is 61.8 Å². The highest BCUT2D eigenvalue weighted by Gasteiger charge is 2.62. The number of amides is 1. The molecule has 0 bridgehead atoms. The Morgan fingerprint density at radius 1 is 1.41 bits per heavy atom. The minimum Gasteiger partial charge on any atom is -0.497 e. The quantitative estimate of drug-likeness (QED) is 0.856. The van der Waals surface area contributed by atoms with Gasteiger partial charge in [-0.1, -0.05) is 13.0 Å². The lowest BCUT2D eigenvalue weighted by molar-refractivity contribution is -0.141. The van der Waals surface area contributed by atoms with E-state index in [0.29, 0.717) is 6.42 Å². The Hall–Kier alpha value is -1.85. The Kier molecular flexibility index (Phi) is 4.35. The largest absolute Gasteiger partial charge is 0.497 e. The Balaban J connectivity index is 1.92. The van der Waals surface area contributed by atoms with Crippen molar-refractivity contribution < 1.29 is 14.6 Å². The van der Waals surface area contributed by atoms with Crippen LogP contribution in [0.2, 0.25) is 0 Å². The molecule has 2 fully saturated rings. The Morgan fingerprint density at radius 2 is 2.19 bits per heavy atom. The van der Waals surface area contributed by atoms with E-state index >= 15 is 0 Å². The van der Waals surface area contributed by atoms with Crippen LogP contribution < -0.4 is 10.1 Å². The number of likely N-dealkylation sites (N-methyl/N-ethyl adjacent to an activating group) is 1. The third-order valence-corrected chi connectivity index (χ3v) is 7.39.